The van der Waals surface area contributed by atoms with Crippen molar-refractivity contribution in [1.82, 2.24) is 0 Å². The molecule has 0 aliphatic rings. The highest BCUT2D eigenvalue weighted by molar-refractivity contribution is 7.91. The molecule has 0 heterocycles. The summed E-state index contributed by atoms with van der Waals surface area (Å²) in [6, 6.07) is 11.3. The van der Waals surface area contributed by atoms with E-state index in [2.05, 4.69) is 4.85 Å². The summed E-state index contributed by atoms with van der Waals surface area (Å²) >= 11 is 0. The number of nitrogens with zero attached hydrogens (tertiary/aromatic N) is 1. The molecular formula is C17H17NO4S. The molecule has 0 N–H and O–H groups in total. The molecule has 0 saturated carbocycles. The molecule has 23 heavy (non-hydrogen) atoms. The van der Waals surface area contributed by atoms with Gasteiger partial charge in [-0.3, -0.25) is 4.85 Å². The second kappa shape index (κ2) is 6.71. The zero-order valence-electron chi connectivity index (χ0n) is 13.1. The first-order chi connectivity index (χ1) is 11.0. The van der Waals surface area contributed by atoms with Gasteiger partial charge in [0.2, 0.25) is 0 Å². The van der Waals surface area contributed by atoms with Crippen LogP contribution < -0.4 is 9.47 Å². The Labute approximate surface area is 136 Å². The monoisotopic (exact) mass is 331 g/mol. The van der Waals surface area contributed by atoms with Crippen LogP contribution in [-0.4, -0.2) is 22.6 Å². The van der Waals surface area contributed by atoms with Crippen molar-refractivity contribution in [2.24, 2.45) is 0 Å². The molecule has 0 saturated heterocycles. The summed E-state index contributed by atoms with van der Waals surface area (Å²) in [5.41, 5.74) is 1.16. The van der Waals surface area contributed by atoms with Gasteiger partial charge in [-0.2, -0.15) is 0 Å². The minimum absolute atomic E-state index is 0.0945. The molecule has 2 aromatic carbocycles. The molecule has 1 atom stereocenters. The fourth-order valence-corrected chi connectivity index (χ4v) is 3.72. The molecule has 0 spiro atoms. The fraction of sp³-hybridized carbons (Fsp3) is 0.235. The summed E-state index contributed by atoms with van der Waals surface area (Å²) in [5, 5.41) is -1.43. The van der Waals surface area contributed by atoms with Crippen LogP contribution in [0.2, 0.25) is 0 Å². The molecule has 6 heteroatoms. The molecule has 0 amide bonds. The Balaban J connectivity index is 2.65. The maximum Gasteiger partial charge on any atom is 0.357 e. The molecule has 0 bridgehead atoms. The lowest BCUT2D eigenvalue weighted by Crippen LogP contribution is -2.13. The van der Waals surface area contributed by atoms with Gasteiger partial charge in [-0.1, -0.05) is 23.8 Å². The van der Waals surface area contributed by atoms with E-state index in [9.17, 15) is 8.42 Å². The van der Waals surface area contributed by atoms with Crippen LogP contribution in [0.5, 0.6) is 11.5 Å². The molecule has 0 radical (unpaired) electrons. The lowest BCUT2D eigenvalue weighted by atomic mass is 10.1. The van der Waals surface area contributed by atoms with E-state index in [4.69, 9.17) is 16.0 Å². The zero-order valence-corrected chi connectivity index (χ0v) is 13.9. The first-order valence-corrected chi connectivity index (χ1v) is 8.38. The predicted octanol–water partition coefficient (Wildman–Crippen LogP) is 3.40. The second-order valence-corrected chi connectivity index (χ2v) is 6.92. The lowest BCUT2D eigenvalue weighted by molar-refractivity contribution is 0.386. The SMILES string of the molecule is [C-]#[N+]C(c1c(OC)cccc1OC)S(=O)(=O)c1ccc(C)cc1. The van der Waals surface area contributed by atoms with E-state index in [0.29, 0.717) is 11.5 Å². The van der Waals surface area contributed by atoms with Crippen LogP contribution in [0.1, 0.15) is 16.5 Å². The summed E-state index contributed by atoms with van der Waals surface area (Å²) < 4.78 is 36.2. The number of ether oxygens (including phenoxy) is 2. The average Bonchev–Trinajstić information content (AvgIpc) is 2.55. The highest BCUT2D eigenvalue weighted by Crippen LogP contribution is 2.41. The predicted molar refractivity (Wildman–Crippen MR) is 87.3 cm³/mol. The maximum atomic E-state index is 12.9. The van der Waals surface area contributed by atoms with Crippen LogP contribution >= 0.6 is 0 Å². The van der Waals surface area contributed by atoms with Crippen molar-refractivity contribution < 1.29 is 17.9 Å². The van der Waals surface area contributed by atoms with E-state index in [-0.39, 0.29) is 10.5 Å². The van der Waals surface area contributed by atoms with Gasteiger partial charge in [0.15, 0.2) is 0 Å². The van der Waals surface area contributed by atoms with Crippen LogP contribution in [0.15, 0.2) is 47.4 Å². The van der Waals surface area contributed by atoms with Crippen molar-refractivity contribution in [2.45, 2.75) is 17.2 Å². The van der Waals surface area contributed by atoms with Crippen LogP contribution in [0.25, 0.3) is 4.85 Å². The van der Waals surface area contributed by atoms with E-state index in [1.165, 1.54) is 26.4 Å². The van der Waals surface area contributed by atoms with Gasteiger partial charge < -0.3 is 9.47 Å². The van der Waals surface area contributed by atoms with E-state index in [1.807, 2.05) is 6.92 Å². The number of rotatable bonds is 5. The van der Waals surface area contributed by atoms with E-state index in [1.54, 1.807) is 30.3 Å². The number of aryl methyl sites for hydroxylation is 1. The Bertz CT molecular complexity index is 814. The number of benzene rings is 2. The summed E-state index contributed by atoms with van der Waals surface area (Å²) in [4.78, 5) is 3.44. The molecule has 0 aliphatic heterocycles. The Hall–Kier alpha value is -2.52. The molecule has 2 rings (SSSR count). The molecule has 0 fully saturated rings. The van der Waals surface area contributed by atoms with Crippen molar-refractivity contribution in [3.8, 4) is 11.5 Å². The maximum absolute atomic E-state index is 12.9. The second-order valence-electron chi connectivity index (χ2n) is 4.92. The Kier molecular flexibility index (Phi) is 4.92. The molecular weight excluding hydrogens is 314 g/mol. The van der Waals surface area contributed by atoms with E-state index < -0.39 is 15.2 Å². The van der Waals surface area contributed by atoms with Gasteiger partial charge in [0.1, 0.15) is 17.1 Å². The van der Waals surface area contributed by atoms with Gasteiger partial charge in [-0.15, -0.1) is 0 Å². The third-order valence-corrected chi connectivity index (χ3v) is 5.33. The van der Waals surface area contributed by atoms with Crippen molar-refractivity contribution in [1.29, 1.82) is 0 Å². The van der Waals surface area contributed by atoms with Gasteiger partial charge in [0.25, 0.3) is 9.84 Å². The van der Waals surface area contributed by atoms with Crippen molar-refractivity contribution in [2.75, 3.05) is 14.2 Å². The standard InChI is InChI=1S/C17H17NO4S/c1-12-8-10-13(11-9-12)23(19,20)17(18-2)16-14(21-3)6-5-7-15(16)22-4/h5-11,17H,1,3-4H3. The van der Waals surface area contributed by atoms with E-state index in [0.717, 1.165) is 5.56 Å². The molecule has 0 aliphatic carbocycles. The average molecular weight is 331 g/mol. The molecule has 2 aromatic rings. The van der Waals surface area contributed by atoms with Crippen molar-refractivity contribution in [3.05, 3.63) is 65.0 Å². The topological polar surface area (TPSA) is 57.0 Å². The summed E-state index contributed by atoms with van der Waals surface area (Å²) in [6.07, 6.45) is 0. The summed E-state index contributed by atoms with van der Waals surface area (Å²) in [7, 11) is -1.04. The highest BCUT2D eigenvalue weighted by Gasteiger charge is 2.39. The Morgan fingerprint density at radius 3 is 1.96 bits per heavy atom. The Morgan fingerprint density at radius 1 is 1.00 bits per heavy atom. The van der Waals surface area contributed by atoms with Crippen molar-refractivity contribution in [3.63, 3.8) is 0 Å². The zero-order chi connectivity index (χ0) is 17.0. The molecule has 1 unspecified atom stereocenters. The van der Waals surface area contributed by atoms with Gasteiger partial charge in [0.05, 0.1) is 19.1 Å². The van der Waals surface area contributed by atoms with Crippen LogP contribution in [0.4, 0.5) is 0 Å². The smallest absolute Gasteiger partial charge is 0.357 e. The van der Waals surface area contributed by atoms with Crippen LogP contribution in [0, 0.1) is 13.5 Å². The third-order valence-electron chi connectivity index (χ3n) is 3.47. The summed E-state index contributed by atoms with van der Waals surface area (Å²) in [5.74, 6) is 0.613. The van der Waals surface area contributed by atoms with Crippen LogP contribution in [0.3, 0.4) is 0 Å². The van der Waals surface area contributed by atoms with Gasteiger partial charge >= 0.3 is 5.37 Å². The normalized spacial score (nSPS) is 12.3. The first-order valence-electron chi connectivity index (χ1n) is 6.83. The minimum atomic E-state index is -3.90. The van der Waals surface area contributed by atoms with Crippen molar-refractivity contribution >= 4 is 9.84 Å². The molecule has 120 valence electrons. The lowest BCUT2D eigenvalue weighted by Gasteiger charge is -2.15. The fourth-order valence-electron chi connectivity index (χ4n) is 2.27. The molecule has 0 aromatic heterocycles. The number of hydrogen-bond donors (Lipinski definition) is 0. The number of hydrogen-bond acceptors (Lipinski definition) is 4. The molecule has 5 nitrogen and oxygen atoms in total. The first kappa shape index (κ1) is 16.8. The van der Waals surface area contributed by atoms with E-state index >= 15 is 0 Å². The quantitative estimate of drug-likeness (QED) is 0.788. The van der Waals surface area contributed by atoms with Crippen LogP contribution in [-0.2, 0) is 9.84 Å². The summed E-state index contributed by atoms with van der Waals surface area (Å²) in [6.45, 7) is 9.29. The highest BCUT2D eigenvalue weighted by atomic mass is 32.2. The van der Waals surface area contributed by atoms with Gasteiger partial charge in [0, 0.05) is 0 Å². The van der Waals surface area contributed by atoms with Gasteiger partial charge in [-0.25, -0.2) is 15.0 Å². The minimum Gasteiger partial charge on any atom is -0.496 e. The number of sulfone groups is 1. The largest absolute Gasteiger partial charge is 0.496 e. The number of methoxy groups -OCH3 is 2. The third kappa shape index (κ3) is 3.15. The van der Waals surface area contributed by atoms with Gasteiger partial charge in [-0.05, 0) is 31.2 Å². The Morgan fingerprint density at radius 2 is 1.52 bits per heavy atom.